The van der Waals surface area contributed by atoms with Crippen LogP contribution in [0.5, 0.6) is 5.75 Å². The Balaban J connectivity index is 1.90. The lowest BCUT2D eigenvalue weighted by molar-refractivity contribution is 0.198. The summed E-state index contributed by atoms with van der Waals surface area (Å²) in [6.45, 7) is 0.923. The van der Waals surface area contributed by atoms with Gasteiger partial charge in [0.15, 0.2) is 0 Å². The molecule has 1 atom stereocenters. The van der Waals surface area contributed by atoms with Crippen LogP contribution >= 0.6 is 11.3 Å². The van der Waals surface area contributed by atoms with Crippen molar-refractivity contribution in [2.45, 2.75) is 12.5 Å². The van der Waals surface area contributed by atoms with E-state index in [1.165, 1.54) is 5.56 Å². The van der Waals surface area contributed by atoms with Gasteiger partial charge < -0.3 is 10.1 Å². The van der Waals surface area contributed by atoms with Crippen LogP contribution in [-0.2, 0) is 0 Å². The summed E-state index contributed by atoms with van der Waals surface area (Å²) < 4.78 is 6.31. The molecule has 108 valence electrons. The third-order valence-electron chi connectivity index (χ3n) is 3.48. The number of benzene rings is 1. The lowest BCUT2D eigenvalue weighted by atomic mass is 10.1. The van der Waals surface area contributed by atoms with Gasteiger partial charge in [-0.25, -0.2) is 0 Å². The van der Waals surface area contributed by atoms with Gasteiger partial charge in [0.2, 0.25) is 0 Å². The lowest BCUT2D eigenvalue weighted by Gasteiger charge is -2.19. The standard InChI is InChI=1S/C17H18N2OS/c1-18-8-6-16(14-7-10-21-12-14)20-17-4-2-3-13-11-19-9-5-15(13)17/h2-5,7,9-12,16,18H,6,8H2,1H3. The normalized spacial score (nSPS) is 12.4. The zero-order valence-electron chi connectivity index (χ0n) is 12.0. The zero-order chi connectivity index (χ0) is 14.5. The average Bonchev–Trinajstić information content (AvgIpc) is 3.06. The third kappa shape index (κ3) is 3.23. The van der Waals surface area contributed by atoms with Crippen molar-refractivity contribution in [2.75, 3.05) is 13.6 Å². The number of rotatable bonds is 6. The molecular weight excluding hydrogens is 280 g/mol. The number of aromatic nitrogens is 1. The Morgan fingerprint density at radius 1 is 1.29 bits per heavy atom. The molecule has 3 nitrogen and oxygen atoms in total. The van der Waals surface area contributed by atoms with E-state index in [1.807, 2.05) is 37.6 Å². The van der Waals surface area contributed by atoms with Crippen molar-refractivity contribution in [2.24, 2.45) is 0 Å². The number of hydrogen-bond donors (Lipinski definition) is 1. The van der Waals surface area contributed by atoms with E-state index in [-0.39, 0.29) is 6.10 Å². The molecular formula is C17H18N2OS. The molecule has 0 saturated heterocycles. The highest BCUT2D eigenvalue weighted by Crippen LogP contribution is 2.31. The van der Waals surface area contributed by atoms with Crippen LogP contribution in [0.25, 0.3) is 10.8 Å². The third-order valence-corrected chi connectivity index (χ3v) is 4.18. The lowest BCUT2D eigenvalue weighted by Crippen LogP contribution is -2.16. The molecule has 0 radical (unpaired) electrons. The molecule has 0 amide bonds. The van der Waals surface area contributed by atoms with Crippen LogP contribution in [-0.4, -0.2) is 18.6 Å². The molecule has 1 N–H and O–H groups in total. The molecule has 0 aliphatic rings. The molecule has 0 saturated carbocycles. The van der Waals surface area contributed by atoms with Crippen LogP contribution in [0, 0.1) is 0 Å². The number of nitrogens with zero attached hydrogens (tertiary/aromatic N) is 1. The highest BCUT2D eigenvalue weighted by molar-refractivity contribution is 7.07. The van der Waals surface area contributed by atoms with Gasteiger partial charge in [0.1, 0.15) is 11.9 Å². The first-order valence-corrected chi connectivity index (χ1v) is 7.99. The molecule has 2 aromatic heterocycles. The van der Waals surface area contributed by atoms with Crippen molar-refractivity contribution >= 4 is 22.1 Å². The van der Waals surface area contributed by atoms with Crippen molar-refractivity contribution in [3.63, 3.8) is 0 Å². The molecule has 0 aliphatic heterocycles. The van der Waals surface area contributed by atoms with E-state index in [9.17, 15) is 0 Å². The molecule has 0 fully saturated rings. The van der Waals surface area contributed by atoms with Gasteiger partial charge in [-0.2, -0.15) is 11.3 Å². The van der Waals surface area contributed by atoms with Gasteiger partial charge in [-0.3, -0.25) is 4.98 Å². The molecule has 4 heteroatoms. The topological polar surface area (TPSA) is 34.1 Å². The summed E-state index contributed by atoms with van der Waals surface area (Å²) in [5.74, 6) is 0.919. The molecule has 1 unspecified atom stereocenters. The zero-order valence-corrected chi connectivity index (χ0v) is 12.8. The predicted octanol–water partition coefficient (Wildman–Crippen LogP) is 4.03. The van der Waals surface area contributed by atoms with E-state index in [2.05, 4.69) is 33.2 Å². The second kappa shape index (κ2) is 6.70. The van der Waals surface area contributed by atoms with E-state index >= 15 is 0 Å². The van der Waals surface area contributed by atoms with Crippen LogP contribution < -0.4 is 10.1 Å². The van der Waals surface area contributed by atoms with E-state index in [0.717, 1.165) is 29.5 Å². The molecule has 1 aromatic carbocycles. The Morgan fingerprint density at radius 3 is 3.05 bits per heavy atom. The number of thiophene rings is 1. The fourth-order valence-electron chi connectivity index (χ4n) is 2.38. The first-order valence-electron chi connectivity index (χ1n) is 7.04. The molecule has 0 spiro atoms. The maximum atomic E-state index is 6.31. The SMILES string of the molecule is CNCCC(Oc1cccc2cnccc12)c1ccsc1. The minimum atomic E-state index is 0.0717. The number of ether oxygens (including phenoxy) is 1. The first kappa shape index (κ1) is 14.0. The minimum absolute atomic E-state index is 0.0717. The van der Waals surface area contributed by atoms with Crippen LogP contribution in [0.2, 0.25) is 0 Å². The Bertz CT molecular complexity index is 692. The van der Waals surface area contributed by atoms with E-state index < -0.39 is 0 Å². The highest BCUT2D eigenvalue weighted by atomic mass is 32.1. The van der Waals surface area contributed by atoms with E-state index in [0.29, 0.717) is 0 Å². The maximum Gasteiger partial charge on any atom is 0.128 e. The van der Waals surface area contributed by atoms with Gasteiger partial charge in [-0.1, -0.05) is 12.1 Å². The van der Waals surface area contributed by atoms with Gasteiger partial charge >= 0.3 is 0 Å². The summed E-state index contributed by atoms with van der Waals surface area (Å²) in [7, 11) is 1.97. The van der Waals surface area contributed by atoms with E-state index in [1.54, 1.807) is 11.3 Å². The summed E-state index contributed by atoms with van der Waals surface area (Å²) in [6.07, 6.45) is 4.69. The maximum absolute atomic E-state index is 6.31. The molecule has 3 aromatic rings. The van der Waals surface area contributed by atoms with Crippen molar-refractivity contribution in [3.8, 4) is 5.75 Å². The first-order chi connectivity index (χ1) is 10.4. The van der Waals surface area contributed by atoms with Crippen molar-refractivity contribution in [1.82, 2.24) is 10.3 Å². The van der Waals surface area contributed by atoms with Gasteiger partial charge in [-0.15, -0.1) is 0 Å². The monoisotopic (exact) mass is 298 g/mol. The molecule has 21 heavy (non-hydrogen) atoms. The second-order valence-corrected chi connectivity index (χ2v) is 5.69. The van der Waals surface area contributed by atoms with Crippen molar-refractivity contribution < 1.29 is 4.74 Å². The van der Waals surface area contributed by atoms with Gasteiger partial charge in [0, 0.05) is 35.2 Å². The molecule has 0 bridgehead atoms. The Morgan fingerprint density at radius 2 is 2.24 bits per heavy atom. The number of nitrogens with one attached hydrogen (secondary N) is 1. The summed E-state index contributed by atoms with van der Waals surface area (Å²) in [5.41, 5.74) is 1.24. The fraction of sp³-hybridized carbons (Fsp3) is 0.235. The van der Waals surface area contributed by atoms with Crippen molar-refractivity contribution in [1.29, 1.82) is 0 Å². The quantitative estimate of drug-likeness (QED) is 0.746. The van der Waals surface area contributed by atoms with Crippen LogP contribution in [0.15, 0.2) is 53.5 Å². The van der Waals surface area contributed by atoms with Gasteiger partial charge in [0.05, 0.1) is 0 Å². The Hall–Kier alpha value is -1.91. The molecule has 2 heterocycles. The van der Waals surface area contributed by atoms with Gasteiger partial charge in [-0.05, 0) is 42.6 Å². The number of pyridine rings is 1. The fourth-order valence-corrected chi connectivity index (χ4v) is 3.08. The van der Waals surface area contributed by atoms with Gasteiger partial charge in [0.25, 0.3) is 0 Å². The summed E-state index contributed by atoms with van der Waals surface area (Å²) in [4.78, 5) is 4.17. The smallest absolute Gasteiger partial charge is 0.128 e. The Labute approximate surface area is 128 Å². The van der Waals surface area contributed by atoms with Crippen molar-refractivity contribution in [3.05, 3.63) is 59.0 Å². The summed E-state index contributed by atoms with van der Waals surface area (Å²) in [6, 6.07) is 10.2. The summed E-state index contributed by atoms with van der Waals surface area (Å²) in [5, 5.41) is 9.66. The average molecular weight is 298 g/mol. The van der Waals surface area contributed by atoms with Crippen LogP contribution in [0.1, 0.15) is 18.1 Å². The molecule has 3 rings (SSSR count). The Kier molecular flexibility index (Phi) is 4.48. The molecule has 0 aliphatic carbocycles. The van der Waals surface area contributed by atoms with Crippen LogP contribution in [0.3, 0.4) is 0 Å². The van der Waals surface area contributed by atoms with E-state index in [4.69, 9.17) is 4.74 Å². The minimum Gasteiger partial charge on any atom is -0.485 e. The van der Waals surface area contributed by atoms with Crippen LogP contribution in [0.4, 0.5) is 0 Å². The number of fused-ring (bicyclic) bond motifs is 1. The second-order valence-electron chi connectivity index (χ2n) is 4.91. The highest BCUT2D eigenvalue weighted by Gasteiger charge is 2.15. The predicted molar refractivity (Wildman–Crippen MR) is 88.0 cm³/mol. The summed E-state index contributed by atoms with van der Waals surface area (Å²) >= 11 is 1.71. The largest absolute Gasteiger partial charge is 0.485 e. The number of hydrogen-bond acceptors (Lipinski definition) is 4.